The van der Waals surface area contributed by atoms with E-state index in [2.05, 4.69) is 5.32 Å². The molecule has 0 aromatic heterocycles. The lowest BCUT2D eigenvalue weighted by Gasteiger charge is -2.24. The Kier molecular flexibility index (Phi) is 13.1. The van der Waals surface area contributed by atoms with Gasteiger partial charge in [-0.3, -0.25) is 14.4 Å². The molecular formula is C55H44N2O10. The zero-order chi connectivity index (χ0) is 46.1. The number of benzene rings is 7. The molecule has 7 aromatic rings. The number of ether oxygens (including phenoxy) is 5. The average Bonchev–Trinajstić information content (AvgIpc) is 3.77. The molecule has 67 heavy (non-hydrogen) atoms. The average molecular weight is 893 g/mol. The van der Waals surface area contributed by atoms with Crippen molar-refractivity contribution in [2.45, 2.75) is 38.6 Å². The van der Waals surface area contributed by atoms with Gasteiger partial charge in [-0.15, -0.1) is 0 Å². The monoisotopic (exact) mass is 892 g/mol. The third-order valence-corrected chi connectivity index (χ3v) is 11.5. The zero-order valence-corrected chi connectivity index (χ0v) is 36.2. The smallest absolute Gasteiger partial charge is 0.410 e. The van der Waals surface area contributed by atoms with Crippen molar-refractivity contribution >= 4 is 29.5 Å². The van der Waals surface area contributed by atoms with Crippen LogP contribution in [-0.4, -0.2) is 59.7 Å². The van der Waals surface area contributed by atoms with Crippen LogP contribution in [0.4, 0.5) is 4.79 Å². The summed E-state index contributed by atoms with van der Waals surface area (Å²) >= 11 is 0. The number of hydrogen-bond acceptors (Lipinski definition) is 10. The fraction of sp³-hybridized carbons (Fsp3) is 0.145. The molecule has 0 saturated carbocycles. The second-order valence-electron chi connectivity index (χ2n) is 16.0. The van der Waals surface area contributed by atoms with Gasteiger partial charge in [0, 0.05) is 23.2 Å². The van der Waals surface area contributed by atoms with Crippen LogP contribution in [0.3, 0.4) is 0 Å². The standard InChI is InChI=1S/C55H44N2O10/c58-51-43-22-13-23-46(64-33-37-16-7-2-8-17-37)49(43)52(59)50-44(51)28-41(29-47(50)65-34-38-18-9-3-10-19-38)54(61)67-48-31-57(55(62)66-35-39-20-11-4-12-21-39)30-45(48)56-53(60)40-24-26-42(27-25-40)63-32-36-14-5-1-6-15-36/h1-29,45,48H,30-35H2,(H,56,60)/t45-,48-/m1/s1. The Morgan fingerprint density at radius 1 is 0.507 bits per heavy atom. The Balaban J connectivity index is 0.976. The number of nitrogens with zero attached hydrogens (tertiary/aromatic N) is 1. The molecule has 2 amide bonds. The highest BCUT2D eigenvalue weighted by Gasteiger charge is 2.41. The molecule has 12 nitrogen and oxygen atoms in total. The quantitative estimate of drug-likeness (QED) is 0.0989. The lowest BCUT2D eigenvalue weighted by Crippen LogP contribution is -2.44. The zero-order valence-electron chi connectivity index (χ0n) is 36.2. The lowest BCUT2D eigenvalue weighted by molar-refractivity contribution is 0.0260. The van der Waals surface area contributed by atoms with Crippen LogP contribution >= 0.6 is 0 Å². The predicted molar refractivity (Wildman–Crippen MR) is 247 cm³/mol. The Bertz CT molecular complexity index is 2910. The summed E-state index contributed by atoms with van der Waals surface area (Å²) in [6.45, 7) is 0.385. The van der Waals surface area contributed by atoms with E-state index in [0.29, 0.717) is 17.9 Å². The van der Waals surface area contributed by atoms with Crippen LogP contribution in [0.5, 0.6) is 17.2 Å². The topological polar surface area (TPSA) is 147 Å². The van der Waals surface area contributed by atoms with Gasteiger partial charge in [0.1, 0.15) is 49.8 Å². The first-order valence-electron chi connectivity index (χ1n) is 21.8. The van der Waals surface area contributed by atoms with Crippen molar-refractivity contribution in [2.24, 2.45) is 0 Å². The highest BCUT2D eigenvalue weighted by Crippen LogP contribution is 2.39. The molecule has 1 saturated heterocycles. The fourth-order valence-electron chi connectivity index (χ4n) is 7.97. The number of carbonyl (C=O) groups excluding carboxylic acids is 5. The van der Waals surface area contributed by atoms with E-state index < -0.39 is 41.7 Å². The maximum absolute atomic E-state index is 14.6. The number of carbonyl (C=O) groups is 5. The molecule has 1 fully saturated rings. The molecule has 0 radical (unpaired) electrons. The van der Waals surface area contributed by atoms with E-state index in [9.17, 15) is 24.0 Å². The van der Waals surface area contributed by atoms with E-state index in [1.165, 1.54) is 17.0 Å². The van der Waals surface area contributed by atoms with Crippen molar-refractivity contribution in [3.8, 4) is 17.2 Å². The minimum Gasteiger partial charge on any atom is -0.489 e. The number of rotatable bonds is 15. The predicted octanol–water partition coefficient (Wildman–Crippen LogP) is 9.18. The van der Waals surface area contributed by atoms with Crippen LogP contribution in [-0.2, 0) is 35.9 Å². The van der Waals surface area contributed by atoms with E-state index in [1.807, 2.05) is 121 Å². The van der Waals surface area contributed by atoms with E-state index in [4.69, 9.17) is 23.7 Å². The summed E-state index contributed by atoms with van der Waals surface area (Å²) in [7, 11) is 0. The van der Waals surface area contributed by atoms with Gasteiger partial charge in [0.15, 0.2) is 5.78 Å². The first-order chi connectivity index (χ1) is 32.8. The number of amides is 2. The van der Waals surface area contributed by atoms with Gasteiger partial charge in [0.05, 0.1) is 29.3 Å². The van der Waals surface area contributed by atoms with Gasteiger partial charge in [-0.1, -0.05) is 133 Å². The molecule has 2 atom stereocenters. The summed E-state index contributed by atoms with van der Waals surface area (Å²) in [6, 6.07) is 50.8. The Hall–Kier alpha value is -8.51. The first kappa shape index (κ1) is 43.7. The van der Waals surface area contributed by atoms with Crippen LogP contribution in [0.15, 0.2) is 176 Å². The molecule has 0 unspecified atom stereocenters. The molecule has 1 aliphatic carbocycles. The van der Waals surface area contributed by atoms with Crippen LogP contribution in [0.1, 0.15) is 74.8 Å². The number of fused-ring (bicyclic) bond motifs is 2. The van der Waals surface area contributed by atoms with Crippen molar-refractivity contribution < 1.29 is 47.7 Å². The van der Waals surface area contributed by atoms with Crippen LogP contribution in [0.25, 0.3) is 0 Å². The molecule has 1 aliphatic heterocycles. The van der Waals surface area contributed by atoms with Gasteiger partial charge in [0.2, 0.25) is 5.78 Å². The molecule has 1 heterocycles. The van der Waals surface area contributed by atoms with E-state index in [-0.39, 0.29) is 72.2 Å². The maximum Gasteiger partial charge on any atom is 0.410 e. The Labute approximate surface area is 386 Å². The normalized spacial score (nSPS) is 14.9. The Morgan fingerprint density at radius 2 is 1.04 bits per heavy atom. The third-order valence-electron chi connectivity index (χ3n) is 11.5. The van der Waals surface area contributed by atoms with Crippen molar-refractivity contribution in [3.63, 3.8) is 0 Å². The molecule has 1 N–H and O–H groups in total. The van der Waals surface area contributed by atoms with Gasteiger partial charge in [-0.05, 0) is 64.7 Å². The number of esters is 1. The van der Waals surface area contributed by atoms with Crippen LogP contribution < -0.4 is 19.5 Å². The van der Waals surface area contributed by atoms with Crippen LogP contribution in [0.2, 0.25) is 0 Å². The van der Waals surface area contributed by atoms with Gasteiger partial charge in [0.25, 0.3) is 5.91 Å². The van der Waals surface area contributed by atoms with Gasteiger partial charge >= 0.3 is 12.1 Å². The highest BCUT2D eigenvalue weighted by atomic mass is 16.6. The molecule has 12 heteroatoms. The third kappa shape index (κ3) is 10.2. The molecule has 9 rings (SSSR count). The Morgan fingerprint density at radius 3 is 1.64 bits per heavy atom. The molecule has 0 spiro atoms. The molecular weight excluding hydrogens is 849 g/mol. The van der Waals surface area contributed by atoms with Crippen molar-refractivity contribution in [3.05, 3.63) is 232 Å². The fourth-order valence-corrected chi connectivity index (χ4v) is 7.97. The summed E-state index contributed by atoms with van der Waals surface area (Å²) in [4.78, 5) is 71.9. The van der Waals surface area contributed by atoms with Crippen molar-refractivity contribution in [1.82, 2.24) is 10.2 Å². The number of likely N-dealkylation sites (tertiary alicyclic amines) is 1. The van der Waals surface area contributed by atoms with Gasteiger partial charge in [-0.2, -0.15) is 0 Å². The number of hydrogen-bond donors (Lipinski definition) is 1. The minimum absolute atomic E-state index is 0.00579. The maximum atomic E-state index is 14.6. The second-order valence-corrected chi connectivity index (χ2v) is 16.0. The van der Waals surface area contributed by atoms with Crippen molar-refractivity contribution in [1.29, 1.82) is 0 Å². The molecule has 7 aromatic carbocycles. The summed E-state index contributed by atoms with van der Waals surface area (Å²) in [5.74, 6) is -1.57. The summed E-state index contributed by atoms with van der Waals surface area (Å²) in [5.41, 5.74) is 3.81. The highest BCUT2D eigenvalue weighted by molar-refractivity contribution is 6.30. The second kappa shape index (κ2) is 20.1. The molecule has 334 valence electrons. The van der Waals surface area contributed by atoms with E-state index in [1.54, 1.807) is 42.5 Å². The lowest BCUT2D eigenvalue weighted by atomic mass is 9.82. The van der Waals surface area contributed by atoms with E-state index in [0.717, 1.165) is 22.3 Å². The van der Waals surface area contributed by atoms with Gasteiger partial charge < -0.3 is 33.9 Å². The SMILES string of the molecule is O=C(N[C@@H]1CN(C(=O)OCc2ccccc2)C[C@H]1OC(=O)c1cc(OCc2ccccc2)c2c(c1)C(=O)c1cccc(OCc3ccccc3)c1C2=O)c1ccc(OCc2ccccc2)cc1. The van der Waals surface area contributed by atoms with E-state index >= 15 is 0 Å². The summed E-state index contributed by atoms with van der Waals surface area (Å²) in [5, 5.41) is 2.95. The van der Waals surface area contributed by atoms with Gasteiger partial charge in [-0.25, -0.2) is 9.59 Å². The number of nitrogens with one attached hydrogen (secondary N) is 1. The first-order valence-corrected chi connectivity index (χ1v) is 21.8. The summed E-state index contributed by atoms with van der Waals surface area (Å²) in [6.07, 6.45) is -1.72. The van der Waals surface area contributed by atoms with Crippen LogP contribution in [0, 0.1) is 0 Å². The molecule has 2 aliphatic rings. The van der Waals surface area contributed by atoms with Crippen molar-refractivity contribution in [2.75, 3.05) is 13.1 Å². The molecule has 0 bridgehead atoms. The largest absolute Gasteiger partial charge is 0.489 e. The summed E-state index contributed by atoms with van der Waals surface area (Å²) < 4.78 is 30.0. The number of ketones is 2. The minimum atomic E-state index is -1.05.